The first-order chi connectivity index (χ1) is 10.3. The molecule has 1 aliphatic carbocycles. The van der Waals surface area contributed by atoms with Crippen molar-refractivity contribution in [1.29, 1.82) is 0 Å². The molecule has 1 heterocycles. The van der Waals surface area contributed by atoms with E-state index in [4.69, 9.17) is 0 Å². The molecule has 0 radical (unpaired) electrons. The van der Waals surface area contributed by atoms with Gasteiger partial charge in [0.15, 0.2) is 0 Å². The van der Waals surface area contributed by atoms with Gasteiger partial charge in [0.25, 0.3) is 0 Å². The van der Waals surface area contributed by atoms with Gasteiger partial charge in [-0.15, -0.1) is 0 Å². The molecule has 4 nitrogen and oxygen atoms in total. The molecule has 4 heteroatoms. The molecule has 21 heavy (non-hydrogen) atoms. The lowest BCUT2D eigenvalue weighted by Gasteiger charge is -2.29. The van der Waals surface area contributed by atoms with Crippen LogP contribution in [0.1, 0.15) is 71.0 Å². The van der Waals surface area contributed by atoms with E-state index in [2.05, 4.69) is 29.2 Å². The Morgan fingerprint density at radius 1 is 1.19 bits per heavy atom. The molecule has 0 aromatic carbocycles. The van der Waals surface area contributed by atoms with Gasteiger partial charge in [0, 0.05) is 19.0 Å². The van der Waals surface area contributed by atoms with Gasteiger partial charge in [0.2, 0.25) is 0 Å². The van der Waals surface area contributed by atoms with Crippen LogP contribution in [0.4, 0.5) is 0 Å². The van der Waals surface area contributed by atoms with E-state index in [-0.39, 0.29) is 0 Å². The summed E-state index contributed by atoms with van der Waals surface area (Å²) in [4.78, 5) is 4.48. The molecule has 1 fully saturated rings. The van der Waals surface area contributed by atoms with Crippen LogP contribution >= 0.6 is 0 Å². The summed E-state index contributed by atoms with van der Waals surface area (Å²) in [6, 6.07) is 0.567. The highest BCUT2D eigenvalue weighted by Crippen LogP contribution is 2.26. The highest BCUT2D eigenvalue weighted by Gasteiger charge is 2.23. The van der Waals surface area contributed by atoms with Crippen molar-refractivity contribution in [1.82, 2.24) is 20.1 Å². The number of hydrogen-bond acceptors (Lipinski definition) is 3. The quantitative estimate of drug-likeness (QED) is 0.835. The van der Waals surface area contributed by atoms with Crippen LogP contribution < -0.4 is 5.32 Å². The largest absolute Gasteiger partial charge is 0.313 e. The fraction of sp³-hybridized carbons (Fsp3) is 0.882. The van der Waals surface area contributed by atoms with Crippen molar-refractivity contribution in [3.05, 3.63) is 12.2 Å². The Balaban J connectivity index is 2.01. The predicted octanol–water partition coefficient (Wildman–Crippen LogP) is 3.57. The third kappa shape index (κ3) is 5.10. The lowest BCUT2D eigenvalue weighted by molar-refractivity contribution is 0.278. The molecule has 1 aliphatic rings. The van der Waals surface area contributed by atoms with Gasteiger partial charge in [0.05, 0.1) is 0 Å². The van der Waals surface area contributed by atoms with Gasteiger partial charge in [-0.25, -0.2) is 4.98 Å². The minimum absolute atomic E-state index is 0.567. The maximum atomic E-state index is 4.48. The molecule has 1 saturated carbocycles. The number of nitrogens with zero attached hydrogens (tertiary/aromatic N) is 3. The highest BCUT2D eigenvalue weighted by atomic mass is 15.3. The first-order valence-electron chi connectivity index (χ1n) is 8.95. The Kier molecular flexibility index (Phi) is 7.20. The number of rotatable bonds is 7. The first-order valence-corrected chi connectivity index (χ1v) is 8.95. The summed E-state index contributed by atoms with van der Waals surface area (Å²) in [5.41, 5.74) is 0. The van der Waals surface area contributed by atoms with Gasteiger partial charge < -0.3 is 5.32 Å². The van der Waals surface area contributed by atoms with Gasteiger partial charge in [-0.1, -0.05) is 39.0 Å². The van der Waals surface area contributed by atoms with Crippen molar-refractivity contribution in [2.75, 3.05) is 6.54 Å². The first kappa shape index (κ1) is 16.5. The van der Waals surface area contributed by atoms with Crippen molar-refractivity contribution < 1.29 is 0 Å². The van der Waals surface area contributed by atoms with Gasteiger partial charge in [0.1, 0.15) is 12.2 Å². The number of hydrogen-bond donors (Lipinski definition) is 1. The van der Waals surface area contributed by atoms with Gasteiger partial charge in [-0.05, 0) is 38.6 Å². The van der Waals surface area contributed by atoms with Crippen LogP contribution in [0.2, 0.25) is 0 Å². The van der Waals surface area contributed by atoms with Crippen molar-refractivity contribution in [2.45, 2.75) is 84.2 Å². The Bertz CT molecular complexity index is 380. The van der Waals surface area contributed by atoms with Crippen LogP contribution in [0.15, 0.2) is 6.33 Å². The van der Waals surface area contributed by atoms with E-state index in [1.54, 1.807) is 6.33 Å². The predicted molar refractivity (Wildman–Crippen MR) is 87.3 cm³/mol. The van der Waals surface area contributed by atoms with Gasteiger partial charge in [-0.2, -0.15) is 5.10 Å². The zero-order valence-electron chi connectivity index (χ0n) is 13.9. The molecule has 0 spiro atoms. The average Bonchev–Trinajstić information content (AvgIpc) is 2.90. The summed E-state index contributed by atoms with van der Waals surface area (Å²) in [6.07, 6.45) is 13.7. The minimum Gasteiger partial charge on any atom is -0.313 e. The van der Waals surface area contributed by atoms with E-state index >= 15 is 0 Å². The van der Waals surface area contributed by atoms with Crippen LogP contribution in [0.5, 0.6) is 0 Å². The zero-order chi connectivity index (χ0) is 14.9. The molecule has 1 aromatic heterocycles. The summed E-state index contributed by atoms with van der Waals surface area (Å²) in [7, 11) is 0. The van der Waals surface area contributed by atoms with Crippen LogP contribution in [0.3, 0.4) is 0 Å². The van der Waals surface area contributed by atoms with Crippen molar-refractivity contribution in [3.63, 3.8) is 0 Å². The van der Waals surface area contributed by atoms with Crippen molar-refractivity contribution >= 4 is 0 Å². The molecule has 1 atom stereocenters. The minimum atomic E-state index is 0.567. The van der Waals surface area contributed by atoms with Crippen molar-refractivity contribution in [2.24, 2.45) is 5.92 Å². The summed E-state index contributed by atoms with van der Waals surface area (Å²) in [6.45, 7) is 6.42. The fourth-order valence-electron chi connectivity index (χ4n) is 3.53. The van der Waals surface area contributed by atoms with E-state index in [1.807, 2.05) is 4.68 Å². The van der Waals surface area contributed by atoms with Gasteiger partial charge in [-0.3, -0.25) is 4.68 Å². The monoisotopic (exact) mass is 292 g/mol. The fourth-order valence-corrected chi connectivity index (χ4v) is 3.53. The Hall–Kier alpha value is -0.900. The standard InChI is InChI=1S/C17H32N4/c1-3-12-18-16(13-17-19-14-20-21(17)4-2)15-10-8-6-5-7-9-11-15/h14-16,18H,3-13H2,1-2H3. The maximum Gasteiger partial charge on any atom is 0.138 e. The van der Waals surface area contributed by atoms with Gasteiger partial charge >= 0.3 is 0 Å². The molecule has 1 N–H and O–H groups in total. The molecule has 0 aliphatic heterocycles. The molecule has 0 saturated heterocycles. The number of aryl methyl sites for hydroxylation is 1. The van der Waals surface area contributed by atoms with Crippen molar-refractivity contribution in [3.8, 4) is 0 Å². The van der Waals surface area contributed by atoms with Crippen LogP contribution in [0.25, 0.3) is 0 Å². The Labute approximate surface area is 129 Å². The molecule has 120 valence electrons. The zero-order valence-corrected chi connectivity index (χ0v) is 13.9. The molecular formula is C17H32N4. The molecule has 1 aromatic rings. The average molecular weight is 292 g/mol. The van der Waals surface area contributed by atoms with Crippen LogP contribution in [-0.4, -0.2) is 27.4 Å². The lowest BCUT2D eigenvalue weighted by atomic mass is 9.84. The third-order valence-electron chi connectivity index (χ3n) is 4.77. The Morgan fingerprint density at radius 3 is 2.57 bits per heavy atom. The third-order valence-corrected chi connectivity index (χ3v) is 4.77. The number of nitrogens with one attached hydrogen (secondary N) is 1. The summed E-state index contributed by atoms with van der Waals surface area (Å²) in [5, 5.41) is 8.12. The summed E-state index contributed by atoms with van der Waals surface area (Å²) < 4.78 is 2.05. The van der Waals surface area contributed by atoms with E-state index < -0.39 is 0 Å². The second-order valence-corrected chi connectivity index (χ2v) is 6.36. The van der Waals surface area contributed by atoms with Crippen LogP contribution in [0, 0.1) is 5.92 Å². The van der Waals surface area contributed by atoms with Crippen LogP contribution in [-0.2, 0) is 13.0 Å². The normalized spacial score (nSPS) is 19.1. The van der Waals surface area contributed by atoms with E-state index in [1.165, 1.54) is 51.4 Å². The maximum absolute atomic E-state index is 4.48. The van der Waals surface area contributed by atoms with E-state index in [9.17, 15) is 0 Å². The summed E-state index contributed by atoms with van der Waals surface area (Å²) in [5.74, 6) is 1.95. The van der Waals surface area contributed by atoms with E-state index in [0.29, 0.717) is 6.04 Å². The highest BCUT2D eigenvalue weighted by molar-refractivity contribution is 4.92. The molecule has 0 amide bonds. The SMILES string of the molecule is CCCNC(Cc1ncnn1CC)C1CCCCCCC1. The molecule has 0 bridgehead atoms. The number of aromatic nitrogens is 3. The topological polar surface area (TPSA) is 42.7 Å². The van der Waals surface area contributed by atoms with E-state index in [0.717, 1.165) is 31.3 Å². The molecular weight excluding hydrogens is 260 g/mol. The second-order valence-electron chi connectivity index (χ2n) is 6.36. The molecule has 1 unspecified atom stereocenters. The second kappa shape index (κ2) is 9.19. The summed E-state index contributed by atoms with van der Waals surface area (Å²) >= 11 is 0. The smallest absolute Gasteiger partial charge is 0.138 e. The lowest BCUT2D eigenvalue weighted by Crippen LogP contribution is -2.39. The molecule has 2 rings (SSSR count). The Morgan fingerprint density at radius 2 is 1.90 bits per heavy atom.